The molecule has 2 rings (SSSR count). The molecule has 0 aliphatic heterocycles. The molecular formula is C15H20N2O2. The Labute approximate surface area is 113 Å². The minimum absolute atomic E-state index is 0.507. The van der Waals surface area contributed by atoms with Gasteiger partial charge in [-0.15, -0.1) is 0 Å². The van der Waals surface area contributed by atoms with Crippen molar-refractivity contribution in [2.75, 3.05) is 0 Å². The Morgan fingerprint density at radius 1 is 1.32 bits per heavy atom. The summed E-state index contributed by atoms with van der Waals surface area (Å²) in [5, 5.41) is 3.90. The number of aryl methyl sites for hydroxylation is 2. The molecule has 0 fully saturated rings. The van der Waals surface area contributed by atoms with E-state index in [0.717, 1.165) is 12.0 Å². The number of rotatable bonds is 2. The number of carbonyl (C=O) groups excluding carboxylic acids is 1. The third-order valence-corrected chi connectivity index (χ3v) is 2.89. The molecule has 0 bridgehead atoms. The third-order valence-electron chi connectivity index (χ3n) is 2.89. The second kappa shape index (κ2) is 5.43. The summed E-state index contributed by atoms with van der Waals surface area (Å²) in [6, 6.07) is 6.28. The Bertz CT molecular complexity index is 501. The van der Waals surface area contributed by atoms with E-state index in [1.807, 2.05) is 26.8 Å². The predicted molar refractivity (Wildman–Crippen MR) is 75.4 cm³/mol. The molecule has 19 heavy (non-hydrogen) atoms. The number of hydrogen-bond acceptors (Lipinski definition) is 3. The van der Waals surface area contributed by atoms with E-state index in [1.54, 1.807) is 6.21 Å². The van der Waals surface area contributed by atoms with Crippen molar-refractivity contribution in [2.45, 2.75) is 45.6 Å². The van der Waals surface area contributed by atoms with Gasteiger partial charge >= 0.3 is 6.09 Å². The van der Waals surface area contributed by atoms with Crippen LogP contribution in [0.2, 0.25) is 0 Å². The van der Waals surface area contributed by atoms with Gasteiger partial charge in [-0.2, -0.15) is 5.10 Å². The van der Waals surface area contributed by atoms with Crippen LogP contribution in [0.15, 0.2) is 23.3 Å². The van der Waals surface area contributed by atoms with Gasteiger partial charge < -0.3 is 4.74 Å². The van der Waals surface area contributed by atoms with Crippen molar-refractivity contribution in [1.82, 2.24) is 5.43 Å². The highest BCUT2D eigenvalue weighted by Crippen LogP contribution is 2.22. The molecular weight excluding hydrogens is 240 g/mol. The van der Waals surface area contributed by atoms with Gasteiger partial charge in [-0.05, 0) is 62.8 Å². The number of nitrogens with zero attached hydrogens (tertiary/aromatic N) is 1. The Morgan fingerprint density at radius 2 is 2.05 bits per heavy atom. The zero-order chi connectivity index (χ0) is 13.9. The number of amides is 1. The Hall–Kier alpha value is -1.84. The summed E-state index contributed by atoms with van der Waals surface area (Å²) in [6.07, 6.45) is 4.64. The van der Waals surface area contributed by atoms with Crippen molar-refractivity contribution in [3.05, 3.63) is 34.9 Å². The molecule has 1 aromatic rings. The van der Waals surface area contributed by atoms with Gasteiger partial charge in [-0.1, -0.05) is 12.1 Å². The minimum atomic E-state index is -0.537. The van der Waals surface area contributed by atoms with Gasteiger partial charge in [0.25, 0.3) is 0 Å². The van der Waals surface area contributed by atoms with E-state index >= 15 is 0 Å². The smallest absolute Gasteiger partial charge is 0.428 e. The SMILES string of the molecule is CC(C)(C)OC(=O)N/N=C\c1ccc2c(c1)CCC2. The van der Waals surface area contributed by atoms with Crippen LogP contribution >= 0.6 is 0 Å². The van der Waals surface area contributed by atoms with Crippen molar-refractivity contribution >= 4 is 12.3 Å². The van der Waals surface area contributed by atoms with Crippen LogP contribution in [-0.2, 0) is 17.6 Å². The number of hydrogen-bond donors (Lipinski definition) is 1. The highest BCUT2D eigenvalue weighted by Gasteiger charge is 2.15. The molecule has 1 aromatic carbocycles. The quantitative estimate of drug-likeness (QED) is 0.656. The lowest BCUT2D eigenvalue weighted by atomic mass is 10.1. The second-order valence-corrected chi connectivity index (χ2v) is 5.75. The molecule has 4 nitrogen and oxygen atoms in total. The molecule has 0 spiro atoms. The first-order valence-electron chi connectivity index (χ1n) is 6.58. The van der Waals surface area contributed by atoms with Gasteiger partial charge in [-0.25, -0.2) is 10.2 Å². The van der Waals surface area contributed by atoms with E-state index in [0.29, 0.717) is 0 Å². The molecule has 1 aliphatic rings. The van der Waals surface area contributed by atoms with Crippen LogP contribution in [0.5, 0.6) is 0 Å². The van der Waals surface area contributed by atoms with Crippen LogP contribution in [0.4, 0.5) is 4.79 Å². The average Bonchev–Trinajstić information content (AvgIpc) is 2.73. The Kier molecular flexibility index (Phi) is 3.88. The molecule has 0 heterocycles. The van der Waals surface area contributed by atoms with E-state index in [1.165, 1.54) is 24.0 Å². The van der Waals surface area contributed by atoms with E-state index in [4.69, 9.17) is 4.74 Å². The van der Waals surface area contributed by atoms with Crippen LogP contribution in [0.1, 0.15) is 43.9 Å². The largest absolute Gasteiger partial charge is 0.443 e. The van der Waals surface area contributed by atoms with Crippen molar-refractivity contribution in [3.8, 4) is 0 Å². The molecule has 0 atom stereocenters. The molecule has 1 aliphatic carbocycles. The predicted octanol–water partition coefficient (Wildman–Crippen LogP) is 3.03. The molecule has 0 aromatic heterocycles. The normalized spacial score (nSPS) is 14.5. The second-order valence-electron chi connectivity index (χ2n) is 5.75. The summed E-state index contributed by atoms with van der Waals surface area (Å²) in [4.78, 5) is 11.4. The summed E-state index contributed by atoms with van der Waals surface area (Å²) in [7, 11) is 0. The van der Waals surface area contributed by atoms with Crippen LogP contribution in [0, 0.1) is 0 Å². The van der Waals surface area contributed by atoms with Gasteiger partial charge in [0, 0.05) is 0 Å². The van der Waals surface area contributed by atoms with Crippen LogP contribution < -0.4 is 5.43 Å². The fourth-order valence-corrected chi connectivity index (χ4v) is 2.13. The summed E-state index contributed by atoms with van der Waals surface area (Å²) in [5.74, 6) is 0. The maximum Gasteiger partial charge on any atom is 0.428 e. The van der Waals surface area contributed by atoms with Crippen LogP contribution in [0.25, 0.3) is 0 Å². The van der Waals surface area contributed by atoms with E-state index in [-0.39, 0.29) is 0 Å². The summed E-state index contributed by atoms with van der Waals surface area (Å²) >= 11 is 0. The standard InChI is InChI=1S/C15H20N2O2/c1-15(2,3)19-14(18)17-16-10-11-7-8-12-5-4-6-13(12)9-11/h7-10H,4-6H2,1-3H3,(H,17,18)/b16-10-. The van der Waals surface area contributed by atoms with E-state index in [9.17, 15) is 4.79 Å². The van der Waals surface area contributed by atoms with Crippen molar-refractivity contribution in [2.24, 2.45) is 5.10 Å². The van der Waals surface area contributed by atoms with E-state index < -0.39 is 11.7 Å². The first-order chi connectivity index (χ1) is 8.94. The lowest BCUT2D eigenvalue weighted by molar-refractivity contribution is 0.0529. The summed E-state index contributed by atoms with van der Waals surface area (Å²) < 4.78 is 5.09. The number of nitrogens with one attached hydrogen (secondary N) is 1. The van der Waals surface area contributed by atoms with Crippen molar-refractivity contribution < 1.29 is 9.53 Å². The topological polar surface area (TPSA) is 50.7 Å². The highest BCUT2D eigenvalue weighted by molar-refractivity contribution is 5.81. The third kappa shape index (κ3) is 4.09. The lowest BCUT2D eigenvalue weighted by Crippen LogP contribution is -2.29. The van der Waals surface area contributed by atoms with E-state index in [2.05, 4.69) is 22.7 Å². The zero-order valence-electron chi connectivity index (χ0n) is 11.7. The van der Waals surface area contributed by atoms with Gasteiger partial charge in [0.1, 0.15) is 5.60 Å². The highest BCUT2D eigenvalue weighted by atomic mass is 16.6. The first-order valence-corrected chi connectivity index (χ1v) is 6.58. The molecule has 0 saturated heterocycles. The molecule has 4 heteroatoms. The number of ether oxygens (including phenoxy) is 1. The van der Waals surface area contributed by atoms with Crippen LogP contribution in [-0.4, -0.2) is 17.9 Å². The Morgan fingerprint density at radius 3 is 2.79 bits per heavy atom. The molecule has 1 N–H and O–H groups in total. The molecule has 102 valence electrons. The number of hydrazone groups is 1. The number of benzene rings is 1. The fraction of sp³-hybridized carbons (Fsp3) is 0.467. The maximum atomic E-state index is 11.4. The van der Waals surface area contributed by atoms with Crippen molar-refractivity contribution in [3.63, 3.8) is 0 Å². The summed E-state index contributed by atoms with van der Waals surface area (Å²) in [6.45, 7) is 5.45. The molecule has 1 amide bonds. The average molecular weight is 260 g/mol. The first kappa shape index (κ1) is 13.6. The zero-order valence-corrected chi connectivity index (χ0v) is 11.7. The van der Waals surface area contributed by atoms with Crippen molar-refractivity contribution in [1.29, 1.82) is 0 Å². The summed E-state index contributed by atoms with van der Waals surface area (Å²) in [5.41, 5.74) is 5.67. The van der Waals surface area contributed by atoms with Gasteiger partial charge in [0.2, 0.25) is 0 Å². The molecule has 0 radical (unpaired) electrons. The number of fused-ring (bicyclic) bond motifs is 1. The fourth-order valence-electron chi connectivity index (χ4n) is 2.13. The maximum absolute atomic E-state index is 11.4. The number of carbonyl (C=O) groups is 1. The van der Waals surface area contributed by atoms with Crippen LogP contribution in [0.3, 0.4) is 0 Å². The van der Waals surface area contributed by atoms with Gasteiger partial charge in [-0.3, -0.25) is 0 Å². The monoisotopic (exact) mass is 260 g/mol. The minimum Gasteiger partial charge on any atom is -0.443 e. The van der Waals surface area contributed by atoms with Gasteiger partial charge in [0.05, 0.1) is 6.21 Å². The molecule has 0 unspecified atom stereocenters. The van der Waals surface area contributed by atoms with Gasteiger partial charge in [0.15, 0.2) is 0 Å². The lowest BCUT2D eigenvalue weighted by Gasteiger charge is -2.18. The molecule has 0 saturated carbocycles. The Balaban J connectivity index is 1.91.